The van der Waals surface area contributed by atoms with E-state index in [4.69, 9.17) is 11.6 Å². The number of H-pyrrole nitrogens is 1. The van der Waals surface area contributed by atoms with Crippen LogP contribution >= 0.6 is 22.9 Å². The SMILES string of the molecule is Cn1c(=O)c(-n2ccc(=O)[nH]c2=O)c(Cl)c2sccc21. The Balaban J connectivity index is 2.51. The molecule has 0 aliphatic heterocycles. The van der Waals surface area contributed by atoms with Gasteiger partial charge in [0.15, 0.2) is 0 Å². The number of pyridine rings is 1. The summed E-state index contributed by atoms with van der Waals surface area (Å²) in [7, 11) is 1.61. The lowest BCUT2D eigenvalue weighted by Crippen LogP contribution is -2.33. The Morgan fingerprint density at radius 2 is 2.00 bits per heavy atom. The number of nitrogens with zero attached hydrogens (tertiary/aromatic N) is 2. The first-order chi connectivity index (χ1) is 9.50. The van der Waals surface area contributed by atoms with Crippen molar-refractivity contribution in [2.24, 2.45) is 7.05 Å². The van der Waals surface area contributed by atoms with Crippen molar-refractivity contribution in [3.8, 4) is 5.69 Å². The quantitative estimate of drug-likeness (QED) is 0.731. The van der Waals surface area contributed by atoms with Gasteiger partial charge in [0.05, 0.1) is 15.2 Å². The van der Waals surface area contributed by atoms with Gasteiger partial charge >= 0.3 is 5.69 Å². The minimum absolute atomic E-state index is 0.0327. The number of rotatable bonds is 1. The molecule has 3 aromatic rings. The lowest BCUT2D eigenvalue weighted by Gasteiger charge is -2.10. The molecular weight excluding hydrogens is 302 g/mol. The number of hydrogen-bond acceptors (Lipinski definition) is 4. The van der Waals surface area contributed by atoms with Crippen molar-refractivity contribution in [2.75, 3.05) is 0 Å². The maximum absolute atomic E-state index is 12.4. The van der Waals surface area contributed by atoms with E-state index in [1.165, 1.54) is 22.1 Å². The van der Waals surface area contributed by atoms with Crippen LogP contribution in [0.4, 0.5) is 0 Å². The van der Waals surface area contributed by atoms with E-state index in [0.717, 1.165) is 10.6 Å². The summed E-state index contributed by atoms with van der Waals surface area (Å²) in [6, 6.07) is 2.95. The molecule has 0 radical (unpaired) electrons. The van der Waals surface area contributed by atoms with Crippen LogP contribution in [-0.2, 0) is 7.05 Å². The fourth-order valence-electron chi connectivity index (χ4n) is 2.00. The van der Waals surface area contributed by atoms with Gasteiger partial charge in [-0.1, -0.05) is 11.6 Å². The third kappa shape index (κ3) is 1.75. The highest BCUT2D eigenvalue weighted by Gasteiger charge is 2.17. The summed E-state index contributed by atoms with van der Waals surface area (Å²) in [5.74, 6) is 0. The van der Waals surface area contributed by atoms with E-state index >= 15 is 0 Å². The number of halogens is 1. The number of aryl methyl sites for hydroxylation is 1. The molecular formula is C12H8ClN3O3S. The summed E-state index contributed by atoms with van der Waals surface area (Å²) in [6.07, 6.45) is 1.24. The van der Waals surface area contributed by atoms with Crippen LogP contribution in [0.25, 0.3) is 15.9 Å². The fourth-order valence-corrected chi connectivity index (χ4v) is 3.26. The molecule has 0 saturated heterocycles. The molecule has 102 valence electrons. The molecule has 0 saturated carbocycles. The topological polar surface area (TPSA) is 76.9 Å². The molecule has 3 heterocycles. The Morgan fingerprint density at radius 1 is 1.25 bits per heavy atom. The Morgan fingerprint density at radius 3 is 2.70 bits per heavy atom. The molecule has 0 fully saturated rings. The summed E-state index contributed by atoms with van der Waals surface area (Å²) in [5.41, 5.74) is -0.907. The van der Waals surface area contributed by atoms with E-state index in [1.807, 2.05) is 5.38 Å². The van der Waals surface area contributed by atoms with E-state index in [0.29, 0.717) is 10.2 Å². The number of thiophene rings is 1. The molecule has 0 amide bonds. The zero-order chi connectivity index (χ0) is 14.4. The van der Waals surface area contributed by atoms with Gasteiger partial charge in [-0.05, 0) is 11.4 Å². The molecule has 8 heteroatoms. The van der Waals surface area contributed by atoms with Gasteiger partial charge < -0.3 is 4.57 Å². The maximum atomic E-state index is 12.4. The number of nitrogens with one attached hydrogen (secondary N) is 1. The standard InChI is InChI=1S/C12H8ClN3O3S/c1-15-6-3-5-20-10(6)8(13)9(11(15)18)16-4-2-7(17)14-12(16)19/h2-5H,1H3,(H,14,17,19). The van der Waals surface area contributed by atoms with Gasteiger partial charge in [0, 0.05) is 19.3 Å². The van der Waals surface area contributed by atoms with E-state index in [-0.39, 0.29) is 10.7 Å². The Hall–Kier alpha value is -2.12. The number of aromatic nitrogens is 3. The Bertz CT molecular complexity index is 996. The van der Waals surface area contributed by atoms with Gasteiger partial charge in [0.1, 0.15) is 5.69 Å². The van der Waals surface area contributed by atoms with Gasteiger partial charge in [0.25, 0.3) is 11.1 Å². The molecule has 3 rings (SSSR count). The van der Waals surface area contributed by atoms with Gasteiger partial charge in [0.2, 0.25) is 0 Å². The van der Waals surface area contributed by atoms with E-state index in [9.17, 15) is 14.4 Å². The summed E-state index contributed by atoms with van der Waals surface area (Å²) in [5, 5.41) is 2.02. The summed E-state index contributed by atoms with van der Waals surface area (Å²) < 4.78 is 3.18. The van der Waals surface area contributed by atoms with Crippen molar-refractivity contribution in [1.29, 1.82) is 0 Å². The van der Waals surface area contributed by atoms with E-state index < -0.39 is 16.8 Å². The van der Waals surface area contributed by atoms with E-state index in [2.05, 4.69) is 4.98 Å². The summed E-state index contributed by atoms with van der Waals surface area (Å²) >= 11 is 7.63. The van der Waals surface area contributed by atoms with Crippen molar-refractivity contribution in [1.82, 2.24) is 14.1 Å². The molecule has 0 aliphatic rings. The average Bonchev–Trinajstić information content (AvgIpc) is 2.88. The normalized spacial score (nSPS) is 11.1. The van der Waals surface area contributed by atoms with Gasteiger partial charge in [-0.2, -0.15) is 0 Å². The van der Waals surface area contributed by atoms with Gasteiger partial charge in [-0.15, -0.1) is 11.3 Å². The fraction of sp³-hybridized carbons (Fsp3) is 0.0833. The second-order valence-corrected chi connectivity index (χ2v) is 5.44. The average molecular weight is 310 g/mol. The number of aromatic amines is 1. The van der Waals surface area contributed by atoms with Crippen LogP contribution in [0.5, 0.6) is 0 Å². The molecule has 0 aromatic carbocycles. The first kappa shape index (κ1) is 12.9. The second-order valence-electron chi connectivity index (χ2n) is 4.14. The van der Waals surface area contributed by atoms with E-state index in [1.54, 1.807) is 13.1 Å². The highest BCUT2D eigenvalue weighted by atomic mass is 35.5. The van der Waals surface area contributed by atoms with Crippen LogP contribution in [0.2, 0.25) is 5.02 Å². The monoisotopic (exact) mass is 309 g/mol. The largest absolute Gasteiger partial charge is 0.333 e. The molecule has 0 atom stereocenters. The predicted molar refractivity (Wildman–Crippen MR) is 78.3 cm³/mol. The zero-order valence-corrected chi connectivity index (χ0v) is 11.8. The van der Waals surface area contributed by atoms with Crippen LogP contribution in [0.1, 0.15) is 0 Å². The first-order valence-corrected chi connectivity index (χ1v) is 6.84. The molecule has 3 aromatic heterocycles. The third-order valence-electron chi connectivity index (χ3n) is 2.99. The lowest BCUT2D eigenvalue weighted by molar-refractivity contribution is 0.839. The van der Waals surface area contributed by atoms with Crippen molar-refractivity contribution >= 4 is 33.2 Å². The Labute approximate surface area is 120 Å². The molecule has 20 heavy (non-hydrogen) atoms. The maximum Gasteiger partial charge on any atom is 0.333 e. The number of fused-ring (bicyclic) bond motifs is 1. The smallest absolute Gasteiger partial charge is 0.309 e. The second kappa shape index (κ2) is 4.46. The predicted octanol–water partition coefficient (Wildman–Crippen LogP) is 1.09. The molecule has 0 spiro atoms. The molecule has 1 N–H and O–H groups in total. The van der Waals surface area contributed by atoms with Crippen LogP contribution in [0.3, 0.4) is 0 Å². The zero-order valence-electron chi connectivity index (χ0n) is 10.2. The number of hydrogen-bond donors (Lipinski definition) is 1. The Kier molecular flexibility index (Phi) is 2.88. The minimum Gasteiger partial charge on any atom is -0.309 e. The highest BCUT2D eigenvalue weighted by molar-refractivity contribution is 7.17. The van der Waals surface area contributed by atoms with Gasteiger partial charge in [-0.3, -0.25) is 19.1 Å². The highest BCUT2D eigenvalue weighted by Crippen LogP contribution is 2.30. The third-order valence-corrected chi connectivity index (χ3v) is 4.39. The van der Waals surface area contributed by atoms with Crippen molar-refractivity contribution in [3.05, 3.63) is 59.9 Å². The van der Waals surface area contributed by atoms with Gasteiger partial charge in [-0.25, -0.2) is 4.79 Å². The molecule has 0 unspecified atom stereocenters. The van der Waals surface area contributed by atoms with Crippen LogP contribution in [0, 0.1) is 0 Å². The molecule has 0 aliphatic carbocycles. The first-order valence-electron chi connectivity index (χ1n) is 5.59. The lowest BCUT2D eigenvalue weighted by atomic mass is 10.3. The summed E-state index contributed by atoms with van der Waals surface area (Å²) in [4.78, 5) is 37.4. The van der Waals surface area contributed by atoms with Crippen molar-refractivity contribution < 1.29 is 0 Å². The van der Waals surface area contributed by atoms with Crippen molar-refractivity contribution in [2.45, 2.75) is 0 Å². The van der Waals surface area contributed by atoms with Crippen LogP contribution in [0.15, 0.2) is 38.1 Å². The van der Waals surface area contributed by atoms with Crippen molar-refractivity contribution in [3.63, 3.8) is 0 Å². The van der Waals surface area contributed by atoms with Crippen LogP contribution in [-0.4, -0.2) is 14.1 Å². The molecule has 0 bridgehead atoms. The summed E-state index contributed by atoms with van der Waals surface area (Å²) in [6.45, 7) is 0. The minimum atomic E-state index is -0.701. The molecule has 6 nitrogen and oxygen atoms in total. The van der Waals surface area contributed by atoms with Crippen LogP contribution < -0.4 is 16.8 Å².